The molecule has 3 rings (SSSR count). The summed E-state index contributed by atoms with van der Waals surface area (Å²) in [5, 5.41) is 8.34. The Balaban J connectivity index is 2.10. The number of nitrogens with one attached hydrogen (secondary N) is 1. The lowest BCUT2D eigenvalue weighted by Gasteiger charge is -2.11. The maximum absolute atomic E-state index is 5.32. The van der Waals surface area contributed by atoms with Crippen LogP contribution in [0.3, 0.4) is 0 Å². The predicted octanol–water partition coefficient (Wildman–Crippen LogP) is 3.38. The number of anilines is 1. The number of benzene rings is 1. The van der Waals surface area contributed by atoms with Gasteiger partial charge in [0, 0.05) is 19.2 Å². The fraction of sp³-hybridized carbons (Fsp3) is 0.471. The van der Waals surface area contributed by atoms with Crippen molar-refractivity contribution < 1.29 is 4.74 Å². The summed E-state index contributed by atoms with van der Waals surface area (Å²) in [7, 11) is 1.73. The summed E-state index contributed by atoms with van der Waals surface area (Å²) in [6, 6.07) is 6.50. The first-order valence-corrected chi connectivity index (χ1v) is 7.62. The van der Waals surface area contributed by atoms with Crippen molar-refractivity contribution in [3.63, 3.8) is 0 Å². The van der Waals surface area contributed by atoms with Gasteiger partial charge in [-0.25, -0.2) is 4.68 Å². The molecule has 0 saturated heterocycles. The quantitative estimate of drug-likeness (QED) is 0.939. The molecule has 2 heterocycles. The van der Waals surface area contributed by atoms with Crippen molar-refractivity contribution in [1.82, 2.24) is 9.78 Å². The minimum absolute atomic E-state index is 0.571. The molecule has 4 heteroatoms. The van der Waals surface area contributed by atoms with E-state index in [1.54, 1.807) is 7.11 Å². The number of hydrogen-bond donors (Lipinski definition) is 1. The number of fused-ring (bicyclic) bond motifs is 1. The van der Waals surface area contributed by atoms with Gasteiger partial charge in [-0.3, -0.25) is 0 Å². The zero-order chi connectivity index (χ0) is 14.8. The van der Waals surface area contributed by atoms with Crippen molar-refractivity contribution in [1.29, 1.82) is 0 Å². The van der Waals surface area contributed by atoms with Crippen molar-refractivity contribution in [2.45, 2.75) is 39.7 Å². The van der Waals surface area contributed by atoms with E-state index < -0.39 is 0 Å². The second-order valence-corrected chi connectivity index (χ2v) is 5.77. The SMILES string of the molecule is COCc1nn(-c2ccc(C)c(C)c2)c2c1CCCCN2. The van der Waals surface area contributed by atoms with Crippen LogP contribution in [0.15, 0.2) is 18.2 Å². The third-order valence-electron chi connectivity index (χ3n) is 4.23. The summed E-state index contributed by atoms with van der Waals surface area (Å²) in [6.45, 7) is 5.86. The van der Waals surface area contributed by atoms with E-state index in [4.69, 9.17) is 9.84 Å². The molecule has 2 aromatic rings. The first-order chi connectivity index (χ1) is 10.2. The molecule has 21 heavy (non-hydrogen) atoms. The fourth-order valence-corrected chi connectivity index (χ4v) is 2.87. The van der Waals surface area contributed by atoms with Gasteiger partial charge < -0.3 is 10.1 Å². The van der Waals surface area contributed by atoms with Crippen molar-refractivity contribution in [3.8, 4) is 5.69 Å². The molecule has 0 bridgehead atoms. The van der Waals surface area contributed by atoms with Crippen LogP contribution in [0.4, 0.5) is 5.82 Å². The van der Waals surface area contributed by atoms with Gasteiger partial charge in [-0.2, -0.15) is 5.10 Å². The average molecular weight is 285 g/mol. The Morgan fingerprint density at radius 3 is 2.86 bits per heavy atom. The molecule has 0 aliphatic carbocycles. The van der Waals surface area contributed by atoms with E-state index in [9.17, 15) is 0 Å². The van der Waals surface area contributed by atoms with Gasteiger partial charge in [0.15, 0.2) is 0 Å². The maximum atomic E-state index is 5.32. The van der Waals surface area contributed by atoms with Crippen molar-refractivity contribution >= 4 is 5.82 Å². The first-order valence-electron chi connectivity index (χ1n) is 7.62. The zero-order valence-corrected chi connectivity index (χ0v) is 13.1. The van der Waals surface area contributed by atoms with Crippen LogP contribution in [0.2, 0.25) is 0 Å². The topological polar surface area (TPSA) is 39.1 Å². The maximum Gasteiger partial charge on any atom is 0.133 e. The summed E-state index contributed by atoms with van der Waals surface area (Å²) in [4.78, 5) is 0. The van der Waals surface area contributed by atoms with Gasteiger partial charge >= 0.3 is 0 Å². The van der Waals surface area contributed by atoms with E-state index in [-0.39, 0.29) is 0 Å². The first kappa shape index (κ1) is 14.1. The lowest BCUT2D eigenvalue weighted by atomic mass is 10.1. The van der Waals surface area contributed by atoms with E-state index in [1.807, 2.05) is 4.68 Å². The molecule has 0 spiro atoms. The van der Waals surface area contributed by atoms with Crippen LogP contribution in [0.5, 0.6) is 0 Å². The van der Waals surface area contributed by atoms with Crippen LogP contribution in [0, 0.1) is 13.8 Å². The standard InChI is InChI=1S/C17H23N3O/c1-12-7-8-14(10-13(12)2)20-17-15(6-4-5-9-18-17)16(19-20)11-21-3/h7-8,10,18H,4-6,9,11H2,1-3H3. The van der Waals surface area contributed by atoms with Gasteiger partial charge in [0.2, 0.25) is 0 Å². The summed E-state index contributed by atoms with van der Waals surface area (Å²) < 4.78 is 7.37. The van der Waals surface area contributed by atoms with Crippen LogP contribution in [-0.4, -0.2) is 23.4 Å². The Bertz CT molecular complexity index is 646. The van der Waals surface area contributed by atoms with E-state index in [0.29, 0.717) is 6.61 Å². The highest BCUT2D eigenvalue weighted by Gasteiger charge is 2.20. The molecule has 1 aromatic heterocycles. The predicted molar refractivity (Wildman–Crippen MR) is 85.2 cm³/mol. The van der Waals surface area contributed by atoms with Crippen LogP contribution in [-0.2, 0) is 17.8 Å². The van der Waals surface area contributed by atoms with E-state index >= 15 is 0 Å². The van der Waals surface area contributed by atoms with Gasteiger partial charge in [0.1, 0.15) is 5.82 Å². The van der Waals surface area contributed by atoms with Crippen molar-refractivity contribution in [2.75, 3.05) is 19.0 Å². The normalized spacial score (nSPS) is 14.4. The van der Waals surface area contributed by atoms with Gasteiger partial charge in [-0.1, -0.05) is 6.07 Å². The van der Waals surface area contributed by atoms with Gasteiger partial charge in [-0.15, -0.1) is 0 Å². The number of aryl methyl sites for hydroxylation is 2. The monoisotopic (exact) mass is 285 g/mol. The average Bonchev–Trinajstić information content (AvgIpc) is 2.66. The largest absolute Gasteiger partial charge is 0.378 e. The Hall–Kier alpha value is -1.81. The van der Waals surface area contributed by atoms with E-state index in [0.717, 1.165) is 30.2 Å². The van der Waals surface area contributed by atoms with Crippen LogP contribution >= 0.6 is 0 Å². The highest BCUT2D eigenvalue weighted by molar-refractivity contribution is 5.55. The summed E-state index contributed by atoms with van der Waals surface area (Å²) in [5.41, 5.74) is 6.08. The number of hydrogen-bond acceptors (Lipinski definition) is 3. The molecule has 1 aliphatic rings. The Morgan fingerprint density at radius 1 is 1.24 bits per heavy atom. The van der Waals surface area contributed by atoms with E-state index in [1.165, 1.54) is 29.5 Å². The Labute approximate surface area is 126 Å². The molecule has 1 N–H and O–H groups in total. The lowest BCUT2D eigenvalue weighted by molar-refractivity contribution is 0.180. The molecule has 0 amide bonds. The smallest absolute Gasteiger partial charge is 0.133 e. The molecule has 0 atom stereocenters. The van der Waals surface area contributed by atoms with Crippen molar-refractivity contribution in [2.24, 2.45) is 0 Å². The second-order valence-electron chi connectivity index (χ2n) is 5.77. The third kappa shape index (κ3) is 2.68. The number of rotatable bonds is 3. The number of ether oxygens (including phenoxy) is 1. The number of methoxy groups -OCH3 is 1. The minimum atomic E-state index is 0.571. The summed E-state index contributed by atoms with van der Waals surface area (Å²) in [5.74, 6) is 1.14. The molecule has 1 aromatic carbocycles. The van der Waals surface area contributed by atoms with Crippen molar-refractivity contribution in [3.05, 3.63) is 40.6 Å². The van der Waals surface area contributed by atoms with Crippen LogP contribution < -0.4 is 5.32 Å². The summed E-state index contributed by atoms with van der Waals surface area (Å²) >= 11 is 0. The molecule has 0 fully saturated rings. The summed E-state index contributed by atoms with van der Waals surface area (Å²) in [6.07, 6.45) is 3.48. The molecule has 112 valence electrons. The van der Waals surface area contributed by atoms with E-state index in [2.05, 4.69) is 37.4 Å². The lowest BCUT2D eigenvalue weighted by Crippen LogP contribution is -2.07. The zero-order valence-electron chi connectivity index (χ0n) is 13.1. The molecular formula is C17H23N3O. The molecule has 0 saturated carbocycles. The molecule has 0 radical (unpaired) electrons. The molecule has 1 aliphatic heterocycles. The van der Waals surface area contributed by atoms with Gasteiger partial charge in [0.05, 0.1) is 18.0 Å². The third-order valence-corrected chi connectivity index (χ3v) is 4.23. The van der Waals surface area contributed by atoms with Crippen LogP contribution in [0.1, 0.15) is 35.2 Å². The molecular weight excluding hydrogens is 262 g/mol. The van der Waals surface area contributed by atoms with Gasteiger partial charge in [-0.05, 0) is 56.4 Å². The second kappa shape index (κ2) is 5.90. The highest BCUT2D eigenvalue weighted by Crippen LogP contribution is 2.29. The molecule has 0 unspecified atom stereocenters. The number of nitrogens with zero attached hydrogens (tertiary/aromatic N) is 2. The Morgan fingerprint density at radius 2 is 2.10 bits per heavy atom. The minimum Gasteiger partial charge on any atom is -0.378 e. The fourth-order valence-electron chi connectivity index (χ4n) is 2.87. The van der Waals surface area contributed by atoms with Crippen LogP contribution in [0.25, 0.3) is 5.69 Å². The molecule has 4 nitrogen and oxygen atoms in total. The Kier molecular flexibility index (Phi) is 3.97. The number of aromatic nitrogens is 2. The van der Waals surface area contributed by atoms with Gasteiger partial charge in [0.25, 0.3) is 0 Å². The highest BCUT2D eigenvalue weighted by atomic mass is 16.5.